The Kier molecular flexibility index (Phi) is 4.41. The lowest BCUT2D eigenvalue weighted by Gasteiger charge is -2.14. The molecule has 0 bridgehead atoms. The Balaban J connectivity index is 1.76. The molecule has 1 aromatic heterocycles. The van der Waals surface area contributed by atoms with Gasteiger partial charge in [0.2, 0.25) is 21.7 Å². The first kappa shape index (κ1) is 16.4. The van der Waals surface area contributed by atoms with Gasteiger partial charge in [0.15, 0.2) is 0 Å². The van der Waals surface area contributed by atoms with Crippen molar-refractivity contribution in [1.82, 2.24) is 19.8 Å². The normalized spacial score (nSPS) is 22.6. The van der Waals surface area contributed by atoms with E-state index in [0.717, 1.165) is 11.8 Å². The fourth-order valence-electron chi connectivity index (χ4n) is 2.76. The molecule has 124 valence electrons. The minimum absolute atomic E-state index is 0.109. The second-order valence-electron chi connectivity index (χ2n) is 5.74. The van der Waals surface area contributed by atoms with Crippen molar-refractivity contribution >= 4 is 21.6 Å². The summed E-state index contributed by atoms with van der Waals surface area (Å²) in [5.74, 6) is 0.972. The Morgan fingerprint density at radius 2 is 2.04 bits per heavy atom. The van der Waals surface area contributed by atoms with Crippen LogP contribution in [0, 0.1) is 0 Å². The lowest BCUT2D eigenvalue weighted by atomic mass is 10.2. The summed E-state index contributed by atoms with van der Waals surface area (Å²) < 4.78 is 30.7. The topological polar surface area (TPSA) is 88.3 Å². The van der Waals surface area contributed by atoms with Crippen LogP contribution in [0.25, 0.3) is 11.4 Å². The maximum atomic E-state index is 11.4. The summed E-state index contributed by atoms with van der Waals surface area (Å²) in [7, 11) is -1.33. The van der Waals surface area contributed by atoms with Crippen LogP contribution in [-0.4, -0.2) is 49.3 Å². The van der Waals surface area contributed by atoms with E-state index in [1.54, 1.807) is 12.1 Å². The van der Waals surface area contributed by atoms with Crippen molar-refractivity contribution in [3.63, 3.8) is 0 Å². The molecule has 0 spiro atoms. The lowest BCUT2D eigenvalue weighted by molar-refractivity contribution is 0.244. The molecule has 0 aliphatic carbocycles. The van der Waals surface area contributed by atoms with Gasteiger partial charge >= 0.3 is 0 Å². The van der Waals surface area contributed by atoms with E-state index in [0.29, 0.717) is 29.7 Å². The van der Waals surface area contributed by atoms with E-state index in [1.807, 2.05) is 24.1 Å². The predicted molar refractivity (Wildman–Crippen MR) is 86.5 cm³/mol. The number of hydrogen-bond donors (Lipinski definition) is 1. The smallest absolute Gasteiger partial charge is 0.244 e. The van der Waals surface area contributed by atoms with Crippen LogP contribution in [0.3, 0.4) is 0 Å². The Morgan fingerprint density at radius 3 is 2.70 bits per heavy atom. The van der Waals surface area contributed by atoms with Gasteiger partial charge in [-0.2, -0.15) is 4.98 Å². The number of hydrogen-bond acceptors (Lipinski definition) is 6. The SMILES string of the molecule is CN1CC(NS(C)(=O)=O)CC1c1nc(-c2ccc(Cl)cc2)no1. The number of nitrogens with one attached hydrogen (secondary N) is 1. The summed E-state index contributed by atoms with van der Waals surface area (Å²) in [6.45, 7) is 0.594. The van der Waals surface area contributed by atoms with E-state index in [-0.39, 0.29) is 12.1 Å². The van der Waals surface area contributed by atoms with Gasteiger partial charge in [0.05, 0.1) is 12.3 Å². The third-order valence-electron chi connectivity index (χ3n) is 3.76. The average Bonchev–Trinajstić information content (AvgIpc) is 3.04. The minimum Gasteiger partial charge on any atom is -0.337 e. The molecular formula is C14H17ClN4O3S. The Labute approximate surface area is 139 Å². The van der Waals surface area contributed by atoms with Crippen LogP contribution in [0.5, 0.6) is 0 Å². The van der Waals surface area contributed by atoms with Crippen molar-refractivity contribution in [2.24, 2.45) is 0 Å². The highest BCUT2D eigenvalue weighted by Crippen LogP contribution is 2.31. The number of likely N-dealkylation sites (N-methyl/N-ethyl adjacent to an activating group) is 1. The van der Waals surface area contributed by atoms with E-state index in [1.165, 1.54) is 0 Å². The predicted octanol–water partition coefficient (Wildman–Crippen LogP) is 1.68. The largest absolute Gasteiger partial charge is 0.337 e. The molecule has 1 saturated heterocycles. The number of rotatable bonds is 4. The Morgan fingerprint density at radius 1 is 1.35 bits per heavy atom. The lowest BCUT2D eigenvalue weighted by Crippen LogP contribution is -2.35. The van der Waals surface area contributed by atoms with Gasteiger partial charge in [-0.25, -0.2) is 13.1 Å². The first-order valence-electron chi connectivity index (χ1n) is 7.09. The number of halogens is 1. The molecule has 1 fully saturated rings. The first-order chi connectivity index (χ1) is 10.8. The van der Waals surface area contributed by atoms with Crippen molar-refractivity contribution < 1.29 is 12.9 Å². The van der Waals surface area contributed by atoms with E-state index in [9.17, 15) is 8.42 Å². The fraction of sp³-hybridized carbons (Fsp3) is 0.429. The minimum atomic E-state index is -3.23. The van der Waals surface area contributed by atoms with Crippen LogP contribution in [0.15, 0.2) is 28.8 Å². The van der Waals surface area contributed by atoms with Crippen molar-refractivity contribution in [2.75, 3.05) is 19.8 Å². The molecule has 1 N–H and O–H groups in total. The van der Waals surface area contributed by atoms with E-state index >= 15 is 0 Å². The summed E-state index contributed by atoms with van der Waals surface area (Å²) in [5, 5.41) is 4.64. The standard InChI is InChI=1S/C14H17ClN4O3S/c1-19-8-11(18-23(2,20)21)7-12(19)14-16-13(17-22-14)9-3-5-10(15)6-4-9/h3-6,11-12,18H,7-8H2,1-2H3. The maximum Gasteiger partial charge on any atom is 0.244 e. The molecule has 23 heavy (non-hydrogen) atoms. The quantitative estimate of drug-likeness (QED) is 0.896. The maximum absolute atomic E-state index is 11.4. The summed E-state index contributed by atoms with van der Waals surface area (Å²) in [5.41, 5.74) is 0.816. The number of likely N-dealkylation sites (tertiary alicyclic amines) is 1. The molecule has 9 heteroatoms. The van der Waals surface area contributed by atoms with Crippen LogP contribution >= 0.6 is 11.6 Å². The van der Waals surface area contributed by atoms with Gasteiger partial charge in [-0.05, 0) is 37.7 Å². The Bertz CT molecular complexity index is 791. The van der Waals surface area contributed by atoms with Gasteiger partial charge in [-0.15, -0.1) is 0 Å². The summed E-state index contributed by atoms with van der Waals surface area (Å²) in [6, 6.07) is 6.90. The molecule has 7 nitrogen and oxygen atoms in total. The van der Waals surface area contributed by atoms with Gasteiger partial charge in [0.1, 0.15) is 0 Å². The number of benzene rings is 1. The van der Waals surface area contributed by atoms with Crippen LogP contribution in [0.4, 0.5) is 0 Å². The monoisotopic (exact) mass is 356 g/mol. The van der Waals surface area contributed by atoms with E-state index < -0.39 is 10.0 Å². The highest BCUT2D eigenvalue weighted by atomic mass is 35.5. The van der Waals surface area contributed by atoms with Gasteiger partial charge in [-0.1, -0.05) is 16.8 Å². The van der Waals surface area contributed by atoms with Gasteiger partial charge in [0, 0.05) is 23.2 Å². The zero-order valence-corrected chi connectivity index (χ0v) is 14.3. The van der Waals surface area contributed by atoms with Gasteiger partial charge in [-0.3, -0.25) is 4.90 Å². The van der Waals surface area contributed by atoms with Crippen LogP contribution in [-0.2, 0) is 10.0 Å². The molecular weight excluding hydrogens is 340 g/mol. The van der Waals surface area contributed by atoms with Crippen molar-refractivity contribution in [2.45, 2.75) is 18.5 Å². The van der Waals surface area contributed by atoms with E-state index in [4.69, 9.17) is 16.1 Å². The number of nitrogens with zero attached hydrogens (tertiary/aromatic N) is 3. The highest BCUT2D eigenvalue weighted by Gasteiger charge is 2.35. The van der Waals surface area contributed by atoms with Crippen molar-refractivity contribution in [1.29, 1.82) is 0 Å². The summed E-state index contributed by atoms with van der Waals surface area (Å²) in [4.78, 5) is 6.44. The molecule has 3 rings (SSSR count). The zero-order chi connectivity index (χ0) is 16.6. The molecule has 0 saturated carbocycles. The average molecular weight is 357 g/mol. The second kappa shape index (κ2) is 6.20. The molecule has 1 aliphatic heterocycles. The third kappa shape index (κ3) is 3.89. The fourth-order valence-corrected chi connectivity index (χ4v) is 3.67. The van der Waals surface area contributed by atoms with Crippen LogP contribution < -0.4 is 4.72 Å². The third-order valence-corrected chi connectivity index (χ3v) is 4.77. The van der Waals surface area contributed by atoms with Crippen LogP contribution in [0.1, 0.15) is 18.4 Å². The zero-order valence-electron chi connectivity index (χ0n) is 12.7. The van der Waals surface area contributed by atoms with Gasteiger partial charge < -0.3 is 4.52 Å². The molecule has 0 amide bonds. The Hall–Kier alpha value is -1.48. The molecule has 2 heterocycles. The molecule has 2 aromatic rings. The molecule has 2 unspecified atom stereocenters. The second-order valence-corrected chi connectivity index (χ2v) is 7.96. The number of sulfonamides is 1. The van der Waals surface area contributed by atoms with Gasteiger partial charge in [0.25, 0.3) is 0 Å². The molecule has 1 aromatic carbocycles. The number of aromatic nitrogens is 2. The van der Waals surface area contributed by atoms with E-state index in [2.05, 4.69) is 14.9 Å². The van der Waals surface area contributed by atoms with Crippen LogP contribution in [0.2, 0.25) is 5.02 Å². The van der Waals surface area contributed by atoms with Crippen molar-refractivity contribution in [3.8, 4) is 11.4 Å². The molecule has 1 aliphatic rings. The summed E-state index contributed by atoms with van der Waals surface area (Å²) >= 11 is 5.87. The molecule has 0 radical (unpaired) electrons. The highest BCUT2D eigenvalue weighted by molar-refractivity contribution is 7.88. The first-order valence-corrected chi connectivity index (χ1v) is 9.36. The van der Waals surface area contributed by atoms with Crippen molar-refractivity contribution in [3.05, 3.63) is 35.2 Å². The molecule has 2 atom stereocenters. The summed E-state index contributed by atoms with van der Waals surface area (Å²) in [6.07, 6.45) is 1.75.